The molecule has 0 radical (unpaired) electrons. The molecule has 1 heterocycles. The van der Waals surface area contributed by atoms with E-state index in [0.717, 1.165) is 24.3 Å². The summed E-state index contributed by atoms with van der Waals surface area (Å²) in [5.74, 6) is 0.847. The van der Waals surface area contributed by atoms with Crippen LogP contribution in [0.1, 0.15) is 37.4 Å². The topological polar surface area (TPSA) is 59.6 Å². The van der Waals surface area contributed by atoms with Gasteiger partial charge in [-0.2, -0.15) is 0 Å². The zero-order valence-electron chi connectivity index (χ0n) is 12.9. The van der Waals surface area contributed by atoms with E-state index >= 15 is 0 Å². The Morgan fingerprint density at radius 3 is 3.00 bits per heavy atom. The fourth-order valence-corrected chi connectivity index (χ4v) is 2.32. The van der Waals surface area contributed by atoms with E-state index in [2.05, 4.69) is 37.5 Å². The van der Waals surface area contributed by atoms with Gasteiger partial charge in [0.1, 0.15) is 12.4 Å². The Bertz CT molecular complexity index is 490. The molecule has 5 nitrogen and oxygen atoms in total. The number of cyclic esters (lactones) is 1. The van der Waals surface area contributed by atoms with E-state index in [1.807, 2.05) is 12.1 Å². The number of ether oxygens (including phenoxy) is 2. The molecule has 1 aromatic rings. The van der Waals surface area contributed by atoms with Gasteiger partial charge < -0.3 is 20.1 Å². The summed E-state index contributed by atoms with van der Waals surface area (Å²) in [5.41, 5.74) is 2.34. The van der Waals surface area contributed by atoms with Crippen molar-refractivity contribution in [1.29, 1.82) is 0 Å². The second-order valence-electron chi connectivity index (χ2n) is 5.44. The number of benzene rings is 1. The highest BCUT2D eigenvalue weighted by molar-refractivity contribution is 5.69. The molecule has 1 saturated heterocycles. The smallest absolute Gasteiger partial charge is 0.407 e. The first kappa shape index (κ1) is 15.6. The molecule has 5 heteroatoms. The third-order valence-corrected chi connectivity index (χ3v) is 3.50. The molecule has 0 aliphatic carbocycles. The number of carbonyl (C=O) groups excluding carboxylic acids is 1. The number of hydrogen-bond donors (Lipinski definition) is 2. The Hall–Kier alpha value is -1.75. The fraction of sp³-hybridized carbons (Fsp3) is 0.562. The minimum atomic E-state index is -0.370. The lowest BCUT2D eigenvalue weighted by Gasteiger charge is -2.19. The lowest BCUT2D eigenvalue weighted by molar-refractivity contribution is 0.104. The zero-order chi connectivity index (χ0) is 15.2. The number of alkyl carbamates (subject to hydrolysis) is 1. The first-order chi connectivity index (χ1) is 10.1. The number of nitrogens with one attached hydrogen (secondary N) is 2. The SMILES string of the molecule is CCCNC(C)c1cc(C)ccc1OCC1CNC(=O)O1. The van der Waals surface area contributed by atoms with E-state index in [1.165, 1.54) is 5.56 Å². The van der Waals surface area contributed by atoms with Crippen LogP contribution in [0.5, 0.6) is 5.75 Å². The maximum absolute atomic E-state index is 11.0. The van der Waals surface area contributed by atoms with Crippen LogP contribution in [0.3, 0.4) is 0 Å². The van der Waals surface area contributed by atoms with Crippen molar-refractivity contribution in [3.05, 3.63) is 29.3 Å². The van der Waals surface area contributed by atoms with Gasteiger partial charge in [0.25, 0.3) is 0 Å². The molecule has 2 atom stereocenters. The molecular formula is C16H24N2O3. The standard InChI is InChI=1S/C16H24N2O3/c1-4-7-17-12(3)14-8-11(2)5-6-15(14)20-10-13-9-18-16(19)21-13/h5-6,8,12-13,17H,4,7,9-10H2,1-3H3,(H,18,19). The predicted octanol–water partition coefficient (Wildman–Crippen LogP) is 2.54. The van der Waals surface area contributed by atoms with Gasteiger partial charge in [-0.3, -0.25) is 0 Å². The van der Waals surface area contributed by atoms with Crippen molar-refractivity contribution < 1.29 is 14.3 Å². The van der Waals surface area contributed by atoms with Crippen LogP contribution < -0.4 is 15.4 Å². The maximum Gasteiger partial charge on any atom is 0.407 e. The molecule has 1 amide bonds. The summed E-state index contributed by atoms with van der Waals surface area (Å²) in [4.78, 5) is 11.0. The second kappa shape index (κ2) is 7.31. The molecule has 0 aromatic heterocycles. The highest BCUT2D eigenvalue weighted by Gasteiger charge is 2.23. The lowest BCUT2D eigenvalue weighted by Crippen LogP contribution is -2.24. The number of carbonyl (C=O) groups is 1. The Morgan fingerprint density at radius 1 is 1.52 bits per heavy atom. The number of hydrogen-bond acceptors (Lipinski definition) is 4. The van der Waals surface area contributed by atoms with Gasteiger partial charge in [0.05, 0.1) is 6.54 Å². The van der Waals surface area contributed by atoms with Gasteiger partial charge in [0.15, 0.2) is 6.10 Å². The van der Waals surface area contributed by atoms with Crippen LogP contribution in [-0.2, 0) is 4.74 Å². The summed E-state index contributed by atoms with van der Waals surface area (Å²) in [7, 11) is 0. The average molecular weight is 292 g/mol. The molecule has 1 fully saturated rings. The molecule has 2 rings (SSSR count). The molecule has 21 heavy (non-hydrogen) atoms. The highest BCUT2D eigenvalue weighted by Crippen LogP contribution is 2.26. The van der Waals surface area contributed by atoms with Crippen LogP contribution in [0.15, 0.2) is 18.2 Å². The molecule has 1 aliphatic rings. The van der Waals surface area contributed by atoms with Gasteiger partial charge in [-0.25, -0.2) is 4.79 Å². The minimum absolute atomic E-state index is 0.217. The van der Waals surface area contributed by atoms with Gasteiger partial charge in [0, 0.05) is 11.6 Å². The Labute approximate surface area is 126 Å². The van der Waals surface area contributed by atoms with Crippen molar-refractivity contribution in [3.63, 3.8) is 0 Å². The van der Waals surface area contributed by atoms with Crippen LogP contribution in [0, 0.1) is 6.92 Å². The normalized spacial score (nSPS) is 19.0. The van der Waals surface area contributed by atoms with E-state index in [9.17, 15) is 4.79 Å². The van der Waals surface area contributed by atoms with Gasteiger partial charge in [-0.15, -0.1) is 0 Å². The van der Waals surface area contributed by atoms with Gasteiger partial charge in [-0.1, -0.05) is 24.6 Å². The van der Waals surface area contributed by atoms with Gasteiger partial charge >= 0.3 is 6.09 Å². The van der Waals surface area contributed by atoms with E-state index in [4.69, 9.17) is 9.47 Å². The Balaban J connectivity index is 2.02. The van der Waals surface area contributed by atoms with Crippen molar-refractivity contribution in [2.45, 2.75) is 39.3 Å². The molecule has 2 unspecified atom stereocenters. The van der Waals surface area contributed by atoms with Crippen molar-refractivity contribution in [2.24, 2.45) is 0 Å². The van der Waals surface area contributed by atoms with E-state index in [1.54, 1.807) is 0 Å². The van der Waals surface area contributed by atoms with Crippen molar-refractivity contribution >= 4 is 6.09 Å². The quantitative estimate of drug-likeness (QED) is 0.811. The first-order valence-electron chi connectivity index (χ1n) is 7.51. The summed E-state index contributed by atoms with van der Waals surface area (Å²) < 4.78 is 10.9. The largest absolute Gasteiger partial charge is 0.489 e. The van der Waals surface area contributed by atoms with E-state index in [0.29, 0.717) is 13.2 Å². The average Bonchev–Trinajstić information content (AvgIpc) is 2.89. The van der Waals surface area contributed by atoms with Crippen LogP contribution in [0.25, 0.3) is 0 Å². The third kappa shape index (κ3) is 4.36. The van der Waals surface area contributed by atoms with E-state index in [-0.39, 0.29) is 18.2 Å². The molecule has 0 saturated carbocycles. The maximum atomic E-state index is 11.0. The van der Waals surface area contributed by atoms with Gasteiger partial charge in [0.2, 0.25) is 0 Å². The molecule has 1 aliphatic heterocycles. The van der Waals surface area contributed by atoms with E-state index < -0.39 is 0 Å². The molecule has 2 N–H and O–H groups in total. The van der Waals surface area contributed by atoms with Crippen LogP contribution in [-0.4, -0.2) is 31.9 Å². The first-order valence-corrected chi connectivity index (χ1v) is 7.51. The Morgan fingerprint density at radius 2 is 2.33 bits per heavy atom. The Kier molecular flexibility index (Phi) is 5.44. The van der Waals surface area contributed by atoms with Crippen LogP contribution in [0.2, 0.25) is 0 Å². The molecule has 0 spiro atoms. The molecular weight excluding hydrogens is 268 g/mol. The number of amides is 1. The zero-order valence-corrected chi connectivity index (χ0v) is 12.9. The van der Waals surface area contributed by atoms with Crippen LogP contribution >= 0.6 is 0 Å². The fourth-order valence-electron chi connectivity index (χ4n) is 2.32. The third-order valence-electron chi connectivity index (χ3n) is 3.50. The summed E-state index contributed by atoms with van der Waals surface area (Å²) in [5, 5.41) is 6.10. The van der Waals surface area contributed by atoms with Crippen molar-refractivity contribution in [3.8, 4) is 5.75 Å². The van der Waals surface area contributed by atoms with Crippen molar-refractivity contribution in [2.75, 3.05) is 19.7 Å². The van der Waals surface area contributed by atoms with Crippen molar-refractivity contribution in [1.82, 2.24) is 10.6 Å². The summed E-state index contributed by atoms with van der Waals surface area (Å²) in [6, 6.07) is 6.38. The highest BCUT2D eigenvalue weighted by atomic mass is 16.6. The lowest BCUT2D eigenvalue weighted by atomic mass is 10.0. The minimum Gasteiger partial charge on any atom is -0.489 e. The second-order valence-corrected chi connectivity index (χ2v) is 5.44. The molecule has 0 bridgehead atoms. The van der Waals surface area contributed by atoms with Crippen LogP contribution in [0.4, 0.5) is 4.79 Å². The summed E-state index contributed by atoms with van der Waals surface area (Å²) in [6.45, 7) is 8.20. The predicted molar refractivity (Wildman–Crippen MR) is 81.7 cm³/mol. The van der Waals surface area contributed by atoms with Gasteiger partial charge in [-0.05, 0) is 32.9 Å². The monoisotopic (exact) mass is 292 g/mol. The number of aryl methyl sites for hydroxylation is 1. The summed E-state index contributed by atoms with van der Waals surface area (Å²) >= 11 is 0. The molecule has 116 valence electrons. The number of rotatable bonds is 7. The summed E-state index contributed by atoms with van der Waals surface area (Å²) in [6.07, 6.45) is 0.507. The molecule has 1 aromatic carbocycles.